The Labute approximate surface area is 205 Å². The molecule has 1 saturated heterocycles. The number of aromatic nitrogens is 4. The van der Waals surface area contributed by atoms with Crippen LogP contribution in [0.2, 0.25) is 36.1 Å². The molecule has 0 saturated carbocycles. The monoisotopic (exact) mass is 517 g/mol. The van der Waals surface area contributed by atoms with Gasteiger partial charge >= 0.3 is 6.09 Å². The van der Waals surface area contributed by atoms with Crippen molar-refractivity contribution in [1.82, 2.24) is 24.6 Å². The Hall–Kier alpha value is -1.62. The van der Waals surface area contributed by atoms with Gasteiger partial charge in [-0.15, -0.1) is 0 Å². The first-order valence-electron chi connectivity index (χ1n) is 11.1. The Morgan fingerprint density at radius 3 is 2.55 bits per heavy atom. The SMILES string of the molecule is CC(C)(C)C1C(Oc2nc(Cl)nc3c2c(Cl)nn3COCC[Si](C)(C)C)CCCN1C(=O)O. The molecule has 12 heteroatoms. The maximum atomic E-state index is 11.9. The van der Waals surface area contributed by atoms with E-state index in [-0.39, 0.29) is 34.5 Å². The summed E-state index contributed by atoms with van der Waals surface area (Å²) in [4.78, 5) is 21.9. The molecule has 0 radical (unpaired) electrons. The number of amides is 1. The third kappa shape index (κ3) is 6.29. The van der Waals surface area contributed by atoms with Gasteiger partial charge in [0.1, 0.15) is 18.2 Å². The topological polar surface area (TPSA) is 103 Å². The highest BCUT2D eigenvalue weighted by molar-refractivity contribution is 6.76. The zero-order valence-corrected chi connectivity index (χ0v) is 22.6. The number of carbonyl (C=O) groups is 1. The first-order valence-corrected chi connectivity index (χ1v) is 15.6. The van der Waals surface area contributed by atoms with E-state index in [1.807, 2.05) is 20.8 Å². The zero-order chi connectivity index (χ0) is 24.6. The molecule has 3 heterocycles. The standard InChI is InChI=1S/C21H33Cl2N5O4Si/c1-21(2,3)15-13(8-7-9-27(15)20(29)30)32-18-14-16(22)26-28(17(14)24-19(23)25-18)12-31-10-11-33(4,5)6/h13,15H,7-12H2,1-6H3,(H,29,30). The molecule has 1 fully saturated rings. The summed E-state index contributed by atoms with van der Waals surface area (Å²) in [5.41, 5.74) is 0.0682. The third-order valence-corrected chi connectivity index (χ3v) is 7.81. The van der Waals surface area contributed by atoms with Crippen molar-refractivity contribution in [3.05, 3.63) is 10.4 Å². The van der Waals surface area contributed by atoms with E-state index in [9.17, 15) is 9.90 Å². The number of ether oxygens (including phenoxy) is 2. The Balaban J connectivity index is 1.90. The fourth-order valence-corrected chi connectivity index (χ4v) is 5.32. The molecule has 1 amide bonds. The van der Waals surface area contributed by atoms with Crippen molar-refractivity contribution >= 4 is 48.4 Å². The van der Waals surface area contributed by atoms with Gasteiger partial charge in [0.05, 0.1) is 6.04 Å². The number of rotatable bonds is 7. The number of fused-ring (bicyclic) bond motifs is 1. The fourth-order valence-electron chi connectivity index (χ4n) is 4.15. The molecule has 33 heavy (non-hydrogen) atoms. The molecule has 0 spiro atoms. The molecule has 2 aromatic rings. The van der Waals surface area contributed by atoms with Gasteiger partial charge in [-0.1, -0.05) is 52.0 Å². The van der Waals surface area contributed by atoms with Crippen LogP contribution >= 0.6 is 23.2 Å². The number of hydrogen-bond donors (Lipinski definition) is 1. The summed E-state index contributed by atoms with van der Waals surface area (Å²) in [5.74, 6) is 0.204. The van der Waals surface area contributed by atoms with Crippen molar-refractivity contribution in [2.75, 3.05) is 13.2 Å². The predicted molar refractivity (Wildman–Crippen MR) is 131 cm³/mol. The smallest absolute Gasteiger partial charge is 0.407 e. The minimum Gasteiger partial charge on any atom is -0.471 e. The van der Waals surface area contributed by atoms with Crippen molar-refractivity contribution < 1.29 is 19.4 Å². The lowest BCUT2D eigenvalue weighted by molar-refractivity contribution is -0.0195. The highest BCUT2D eigenvalue weighted by Gasteiger charge is 2.43. The minimum absolute atomic E-state index is 0.00405. The molecule has 1 aliphatic rings. The Bertz CT molecular complexity index is 1010. The lowest BCUT2D eigenvalue weighted by Gasteiger charge is -2.46. The first-order chi connectivity index (χ1) is 15.3. The maximum absolute atomic E-state index is 11.9. The number of likely N-dealkylation sites (tertiary alicyclic amines) is 1. The number of nitrogens with zero attached hydrogens (tertiary/aromatic N) is 5. The molecule has 0 bridgehead atoms. The van der Waals surface area contributed by atoms with E-state index in [1.165, 1.54) is 4.90 Å². The molecule has 9 nitrogen and oxygen atoms in total. The van der Waals surface area contributed by atoms with Crippen LogP contribution in [-0.4, -0.2) is 69.2 Å². The normalized spacial score (nSPS) is 19.8. The van der Waals surface area contributed by atoms with Crippen molar-refractivity contribution in [3.63, 3.8) is 0 Å². The molecule has 0 aliphatic carbocycles. The number of hydrogen-bond acceptors (Lipinski definition) is 6. The van der Waals surface area contributed by atoms with Crippen LogP contribution in [0, 0.1) is 5.41 Å². The summed E-state index contributed by atoms with van der Waals surface area (Å²) in [6.45, 7) is 14.1. The van der Waals surface area contributed by atoms with Gasteiger partial charge in [-0.25, -0.2) is 9.48 Å². The van der Waals surface area contributed by atoms with E-state index in [0.29, 0.717) is 37.0 Å². The summed E-state index contributed by atoms with van der Waals surface area (Å²) in [6.07, 6.45) is -0.0177. The molecule has 184 valence electrons. The van der Waals surface area contributed by atoms with Gasteiger partial charge in [0.25, 0.3) is 0 Å². The molecule has 2 atom stereocenters. The summed E-state index contributed by atoms with van der Waals surface area (Å²) in [6, 6.07) is 0.659. The molecule has 2 aromatic heterocycles. The third-order valence-electron chi connectivity index (χ3n) is 5.67. The van der Waals surface area contributed by atoms with Gasteiger partial charge in [-0.05, 0) is 35.9 Å². The summed E-state index contributed by atoms with van der Waals surface area (Å²) in [5, 5.41) is 14.7. The molecule has 1 N–H and O–H groups in total. The lowest BCUT2D eigenvalue weighted by atomic mass is 9.79. The molecule has 3 rings (SSSR count). The van der Waals surface area contributed by atoms with Crippen LogP contribution in [0.4, 0.5) is 4.79 Å². The van der Waals surface area contributed by atoms with Crippen LogP contribution in [0.15, 0.2) is 0 Å². The van der Waals surface area contributed by atoms with E-state index >= 15 is 0 Å². The van der Waals surface area contributed by atoms with Gasteiger partial charge in [0.2, 0.25) is 11.2 Å². The van der Waals surface area contributed by atoms with Crippen molar-refractivity contribution in [2.45, 2.75) is 78.2 Å². The van der Waals surface area contributed by atoms with Crippen LogP contribution in [0.1, 0.15) is 33.6 Å². The van der Waals surface area contributed by atoms with Crippen LogP contribution < -0.4 is 4.74 Å². The minimum atomic E-state index is -1.22. The molecule has 0 aromatic carbocycles. The lowest BCUT2D eigenvalue weighted by Crippen LogP contribution is -2.58. The van der Waals surface area contributed by atoms with Crippen LogP contribution in [0.5, 0.6) is 5.88 Å². The van der Waals surface area contributed by atoms with Gasteiger partial charge in [0.15, 0.2) is 10.8 Å². The quantitative estimate of drug-likeness (QED) is 0.298. The second-order valence-corrected chi connectivity index (χ2v) is 17.0. The average Bonchev–Trinajstić information content (AvgIpc) is 2.99. The number of carboxylic acid groups (broad SMARTS) is 1. The van der Waals surface area contributed by atoms with E-state index in [4.69, 9.17) is 32.7 Å². The second kappa shape index (κ2) is 9.93. The first kappa shape index (κ1) is 26.0. The van der Waals surface area contributed by atoms with Gasteiger partial charge in [-0.3, -0.25) is 0 Å². The van der Waals surface area contributed by atoms with Crippen molar-refractivity contribution in [3.8, 4) is 5.88 Å². The molecule has 1 aliphatic heterocycles. The molecular formula is C21H33Cl2N5O4Si. The van der Waals surface area contributed by atoms with Crippen LogP contribution in [0.3, 0.4) is 0 Å². The second-order valence-electron chi connectivity index (χ2n) is 10.7. The average molecular weight is 519 g/mol. The predicted octanol–water partition coefficient (Wildman–Crippen LogP) is 5.38. The molecule has 2 unspecified atom stereocenters. The van der Waals surface area contributed by atoms with E-state index < -0.39 is 20.3 Å². The zero-order valence-electron chi connectivity index (χ0n) is 20.1. The Morgan fingerprint density at radius 1 is 1.24 bits per heavy atom. The molecular weight excluding hydrogens is 485 g/mol. The summed E-state index contributed by atoms with van der Waals surface area (Å²) >= 11 is 12.7. The Kier molecular flexibility index (Phi) is 7.82. The Morgan fingerprint density at radius 2 is 1.94 bits per heavy atom. The fraction of sp³-hybridized carbons (Fsp3) is 0.714. The number of piperidine rings is 1. The van der Waals surface area contributed by atoms with E-state index in [2.05, 4.69) is 34.7 Å². The van der Waals surface area contributed by atoms with Crippen molar-refractivity contribution in [1.29, 1.82) is 0 Å². The maximum Gasteiger partial charge on any atom is 0.407 e. The van der Waals surface area contributed by atoms with Gasteiger partial charge in [0, 0.05) is 21.2 Å². The highest BCUT2D eigenvalue weighted by atomic mass is 35.5. The van der Waals surface area contributed by atoms with Gasteiger partial charge < -0.3 is 19.5 Å². The number of halogens is 2. The van der Waals surface area contributed by atoms with Crippen molar-refractivity contribution in [2.24, 2.45) is 5.41 Å². The largest absolute Gasteiger partial charge is 0.471 e. The van der Waals surface area contributed by atoms with Crippen LogP contribution in [-0.2, 0) is 11.5 Å². The highest BCUT2D eigenvalue weighted by Crippen LogP contribution is 2.37. The van der Waals surface area contributed by atoms with Gasteiger partial charge in [-0.2, -0.15) is 15.1 Å². The summed E-state index contributed by atoms with van der Waals surface area (Å²) < 4.78 is 13.7. The van der Waals surface area contributed by atoms with E-state index in [0.717, 1.165) is 6.04 Å². The summed E-state index contributed by atoms with van der Waals surface area (Å²) in [7, 11) is -1.22. The van der Waals surface area contributed by atoms with E-state index in [1.54, 1.807) is 4.68 Å². The van der Waals surface area contributed by atoms with Crippen LogP contribution in [0.25, 0.3) is 11.0 Å².